The number of morpholine rings is 1. The average molecular weight is 1040 g/mol. The van der Waals surface area contributed by atoms with Crippen LogP contribution in [0.25, 0.3) is 11.1 Å². The molecule has 0 spiro atoms. The Morgan fingerprint density at radius 3 is 1.70 bits per heavy atom. The molecule has 3 atom stereocenters. The molecule has 1 aliphatic carbocycles. The molecule has 1 unspecified atom stereocenters. The molecular weight excluding hydrogens is 973 g/mol. The molecule has 1 saturated heterocycles. The zero-order chi connectivity index (χ0) is 53.8. The lowest BCUT2D eigenvalue weighted by Crippen LogP contribution is -2.68. The monoisotopic (exact) mass is 1040 g/mol. The fourth-order valence-electron chi connectivity index (χ4n) is 12.2. The summed E-state index contributed by atoms with van der Waals surface area (Å²) in [5.41, 5.74) is 3.70. The van der Waals surface area contributed by atoms with Crippen molar-refractivity contribution in [2.75, 3.05) is 39.3 Å². The number of benzene rings is 6. The summed E-state index contributed by atoms with van der Waals surface area (Å²) in [4.78, 5) is 48.0. The Kier molecular flexibility index (Phi) is 15.8. The number of carbonyl (C=O) groups is 2. The number of fused-ring (bicyclic) bond motifs is 3. The predicted octanol–water partition coefficient (Wildman–Crippen LogP) is 12.5. The first-order chi connectivity index (χ1) is 36.6. The number of hydrogen-bond donors (Lipinski definition) is 2. The van der Waals surface area contributed by atoms with Crippen LogP contribution in [0.1, 0.15) is 98.3 Å². The number of nitrogens with zero attached hydrogens (tertiary/aromatic N) is 3. The van der Waals surface area contributed by atoms with Gasteiger partial charge in [0.15, 0.2) is 14.5 Å². The highest BCUT2D eigenvalue weighted by atomic mass is 28.4. The summed E-state index contributed by atoms with van der Waals surface area (Å²) >= 11 is 0. The first-order valence-electron chi connectivity index (χ1n) is 26.1. The highest BCUT2D eigenvalue weighted by molar-refractivity contribution is 6.77. The third kappa shape index (κ3) is 10.1. The normalized spacial score (nSPS) is 17.6. The van der Waals surface area contributed by atoms with Gasteiger partial charge in [0, 0.05) is 17.7 Å². The number of carboxylic acid groups (broad SMARTS) is 1. The Morgan fingerprint density at radius 2 is 1.20 bits per heavy atom. The van der Waals surface area contributed by atoms with Gasteiger partial charge in [0.25, 0.3) is 5.91 Å². The van der Waals surface area contributed by atoms with Crippen LogP contribution >= 0.6 is 0 Å². The number of carbonyl (C=O) groups excluding carboxylic acids is 1. The molecule has 0 radical (unpaired) electrons. The fraction of sp³-hybridized carbons (Fsp3) is 0.323. The Labute approximate surface area is 446 Å². The minimum Gasteiger partial charge on any atom is -0.497 e. The van der Waals surface area contributed by atoms with Crippen LogP contribution in [-0.4, -0.2) is 85.5 Å². The van der Waals surface area contributed by atoms with Gasteiger partial charge in [0.1, 0.15) is 28.5 Å². The molecule has 2 amide bonds. The quantitative estimate of drug-likeness (QED) is 0.0592. The van der Waals surface area contributed by atoms with E-state index >= 15 is 0 Å². The largest absolute Gasteiger partial charge is 0.497 e. The van der Waals surface area contributed by atoms with Crippen LogP contribution in [0, 0.1) is 0 Å². The van der Waals surface area contributed by atoms with Crippen molar-refractivity contribution in [3.05, 3.63) is 214 Å². The van der Waals surface area contributed by atoms with Gasteiger partial charge in [0.2, 0.25) is 0 Å². The van der Waals surface area contributed by atoms with Crippen molar-refractivity contribution in [3.8, 4) is 22.6 Å². The van der Waals surface area contributed by atoms with E-state index in [0.717, 1.165) is 38.9 Å². The van der Waals surface area contributed by atoms with E-state index in [1.54, 1.807) is 38.5 Å². The highest BCUT2D eigenvalue weighted by Gasteiger charge is 2.57. The highest BCUT2D eigenvalue weighted by Crippen LogP contribution is 2.52. The van der Waals surface area contributed by atoms with Gasteiger partial charge in [-0.25, -0.2) is 9.59 Å². The van der Waals surface area contributed by atoms with Crippen molar-refractivity contribution < 1.29 is 38.1 Å². The molecule has 7 aromatic rings. The van der Waals surface area contributed by atoms with Crippen molar-refractivity contribution in [2.24, 2.45) is 0 Å². The molecular formula is C62H68N4O9Si. The SMILES string of the molecule is COc1ccc(C(OC[C@@]2(CO[Si](C(C)C)(C(C)C)C(C)C)O[C@@H](n3ccc(NC(=O)c4ccccc4)nc3=O)CN(C(=O)O)C2CC2c3ccccc3-c3ccccc32)(c2ccccc2)c2ccc(OC)cc2)cc1. The minimum atomic E-state index is -2.80. The second-order valence-electron chi connectivity index (χ2n) is 20.8. The van der Waals surface area contributed by atoms with Crippen LogP contribution in [0.5, 0.6) is 11.5 Å². The maximum atomic E-state index is 14.5. The third-order valence-electron chi connectivity index (χ3n) is 15.8. The average Bonchev–Trinajstić information content (AvgIpc) is 3.78. The van der Waals surface area contributed by atoms with Crippen LogP contribution in [0.2, 0.25) is 16.6 Å². The van der Waals surface area contributed by atoms with Gasteiger partial charge in [-0.1, -0.05) is 163 Å². The Balaban J connectivity index is 1.27. The molecule has 2 N–H and O–H groups in total. The molecule has 9 rings (SSSR count). The van der Waals surface area contributed by atoms with Gasteiger partial charge in [-0.3, -0.25) is 14.3 Å². The first kappa shape index (κ1) is 53.5. The molecule has 76 heavy (non-hydrogen) atoms. The molecule has 14 heteroatoms. The summed E-state index contributed by atoms with van der Waals surface area (Å²) in [5.74, 6) is 0.634. The van der Waals surface area contributed by atoms with Crippen molar-refractivity contribution >= 4 is 26.1 Å². The number of ether oxygens (including phenoxy) is 4. The number of hydrogen-bond acceptors (Lipinski definition) is 9. The molecule has 6 aromatic carbocycles. The zero-order valence-corrected chi connectivity index (χ0v) is 45.5. The fourth-order valence-corrected chi connectivity index (χ4v) is 17.7. The molecule has 394 valence electrons. The maximum Gasteiger partial charge on any atom is 0.407 e. The Bertz CT molecular complexity index is 3070. The van der Waals surface area contributed by atoms with E-state index in [4.69, 9.17) is 23.4 Å². The van der Waals surface area contributed by atoms with Gasteiger partial charge < -0.3 is 33.8 Å². The number of aromatic nitrogens is 2. The summed E-state index contributed by atoms with van der Waals surface area (Å²) in [6, 6.07) is 51.3. The molecule has 1 aliphatic heterocycles. The Morgan fingerprint density at radius 1 is 0.697 bits per heavy atom. The number of rotatable bonds is 19. The van der Waals surface area contributed by atoms with E-state index in [0.29, 0.717) is 17.1 Å². The number of nitrogens with one attached hydrogen (secondary N) is 1. The Hall–Kier alpha value is -7.36. The first-order valence-corrected chi connectivity index (χ1v) is 28.2. The lowest BCUT2D eigenvalue weighted by Gasteiger charge is -2.54. The van der Waals surface area contributed by atoms with Crippen LogP contribution in [-0.2, 0) is 19.5 Å². The second-order valence-corrected chi connectivity index (χ2v) is 26.2. The van der Waals surface area contributed by atoms with Crippen LogP contribution in [0.15, 0.2) is 175 Å². The molecule has 2 heterocycles. The number of amides is 2. The molecule has 2 aliphatic rings. The third-order valence-corrected chi connectivity index (χ3v) is 21.8. The van der Waals surface area contributed by atoms with E-state index in [1.807, 2.05) is 109 Å². The van der Waals surface area contributed by atoms with Crippen molar-refractivity contribution in [1.29, 1.82) is 0 Å². The van der Waals surface area contributed by atoms with Gasteiger partial charge in [-0.15, -0.1) is 0 Å². The lowest BCUT2D eigenvalue weighted by molar-refractivity contribution is -0.248. The van der Waals surface area contributed by atoms with Gasteiger partial charge in [-0.2, -0.15) is 4.98 Å². The van der Waals surface area contributed by atoms with Gasteiger partial charge >= 0.3 is 11.8 Å². The molecule has 13 nitrogen and oxygen atoms in total. The van der Waals surface area contributed by atoms with Crippen LogP contribution in [0.4, 0.5) is 10.6 Å². The smallest absolute Gasteiger partial charge is 0.407 e. The summed E-state index contributed by atoms with van der Waals surface area (Å²) in [5, 5.41) is 14.5. The van der Waals surface area contributed by atoms with Gasteiger partial charge in [-0.05, 0) is 104 Å². The molecule has 1 fully saturated rings. The summed E-state index contributed by atoms with van der Waals surface area (Å²) in [6.07, 6.45) is -0.659. The molecule has 1 aromatic heterocycles. The van der Waals surface area contributed by atoms with Crippen molar-refractivity contribution in [2.45, 2.75) is 94.0 Å². The summed E-state index contributed by atoms with van der Waals surface area (Å²) in [6.45, 7) is 12.7. The van der Waals surface area contributed by atoms with Crippen molar-refractivity contribution in [1.82, 2.24) is 14.5 Å². The molecule has 0 bridgehead atoms. The zero-order valence-electron chi connectivity index (χ0n) is 44.5. The van der Waals surface area contributed by atoms with E-state index in [1.165, 1.54) is 21.7 Å². The summed E-state index contributed by atoms with van der Waals surface area (Å²) in [7, 11) is 0.450. The number of anilines is 1. The van der Waals surface area contributed by atoms with E-state index in [9.17, 15) is 19.5 Å². The van der Waals surface area contributed by atoms with E-state index < -0.39 is 49.5 Å². The minimum absolute atomic E-state index is 0.0311. The molecule has 0 saturated carbocycles. The maximum absolute atomic E-state index is 14.5. The predicted molar refractivity (Wildman–Crippen MR) is 298 cm³/mol. The van der Waals surface area contributed by atoms with Crippen molar-refractivity contribution in [3.63, 3.8) is 0 Å². The van der Waals surface area contributed by atoms with Crippen LogP contribution < -0.4 is 20.5 Å². The number of methoxy groups -OCH3 is 2. The summed E-state index contributed by atoms with van der Waals surface area (Å²) < 4.78 is 35.9. The van der Waals surface area contributed by atoms with Gasteiger partial charge in [0.05, 0.1) is 40.0 Å². The topological polar surface area (TPSA) is 151 Å². The lowest BCUT2D eigenvalue weighted by atomic mass is 9.78. The second kappa shape index (κ2) is 22.5. The van der Waals surface area contributed by atoms with E-state index in [2.05, 4.69) is 76.1 Å². The van der Waals surface area contributed by atoms with E-state index in [-0.39, 0.29) is 54.5 Å². The standard InChI is InChI=1S/C62H68N4O9Si/c1-41(2)76(42(3)4,43(5)6)74-40-61(39-73-62(45-21-13-10-14-22-45,46-27-31-48(71-7)32-28-46)47-29-33-49(72-8)34-30-47)55(37-54-52-25-17-15-23-50(52)51-24-16-18-26-53(51)54)66(60(69)70)38-57(75-61)65-36-35-56(64-59(65)68)63-58(67)44-19-11-9-12-20-44/h9-36,41-43,54-55,57H,37-40H2,1-8H3,(H,69,70)(H,63,64,67,68)/t55?,57-,61+/m1/s1. The van der Waals surface area contributed by atoms with Crippen LogP contribution in [0.3, 0.4) is 0 Å².